The molecule has 0 aromatic carbocycles. The standard InChI is InChI=1S/C13H16N4OS2/c18-11-5-6-14-12-17(11)15-13(20-12)16-7-8-19-10-4-2-1-3-9(10)16/h5-6,9-10H,1-4,7-8H2/t9-,10+/m1/s1. The van der Waals surface area contributed by atoms with Crippen LogP contribution in [0.15, 0.2) is 17.1 Å². The van der Waals surface area contributed by atoms with Crippen LogP contribution in [0.3, 0.4) is 0 Å². The van der Waals surface area contributed by atoms with Crippen LogP contribution in [0.4, 0.5) is 5.13 Å². The highest BCUT2D eigenvalue weighted by Crippen LogP contribution is 2.38. The van der Waals surface area contributed by atoms with Crippen molar-refractivity contribution in [3.8, 4) is 0 Å². The molecule has 1 aliphatic carbocycles. The fourth-order valence-electron chi connectivity index (χ4n) is 3.18. The Kier molecular flexibility index (Phi) is 3.18. The van der Waals surface area contributed by atoms with Gasteiger partial charge in [-0.2, -0.15) is 16.3 Å². The van der Waals surface area contributed by atoms with Crippen molar-refractivity contribution in [2.45, 2.75) is 37.0 Å². The third-order valence-corrected chi connectivity index (χ3v) is 6.49. The number of hydrogen-bond acceptors (Lipinski definition) is 6. The lowest BCUT2D eigenvalue weighted by molar-refractivity contribution is 0.421. The minimum Gasteiger partial charge on any atom is -0.342 e. The van der Waals surface area contributed by atoms with Gasteiger partial charge in [0.25, 0.3) is 5.56 Å². The Hall–Kier alpha value is -1.08. The van der Waals surface area contributed by atoms with E-state index in [2.05, 4.69) is 26.7 Å². The van der Waals surface area contributed by atoms with E-state index in [1.807, 2.05) is 0 Å². The van der Waals surface area contributed by atoms with Crippen molar-refractivity contribution < 1.29 is 0 Å². The minimum absolute atomic E-state index is 0.0934. The number of aromatic nitrogens is 3. The molecule has 2 atom stereocenters. The summed E-state index contributed by atoms with van der Waals surface area (Å²) in [4.78, 5) is 19.2. The highest BCUT2D eigenvalue weighted by molar-refractivity contribution is 8.00. The zero-order chi connectivity index (χ0) is 13.5. The number of anilines is 1. The van der Waals surface area contributed by atoms with E-state index < -0.39 is 0 Å². The lowest BCUT2D eigenvalue weighted by Gasteiger charge is -2.43. The molecule has 106 valence electrons. The van der Waals surface area contributed by atoms with Gasteiger partial charge in [0.05, 0.1) is 0 Å². The molecular weight excluding hydrogens is 292 g/mol. The highest BCUT2D eigenvalue weighted by Gasteiger charge is 2.35. The summed E-state index contributed by atoms with van der Waals surface area (Å²) in [5.41, 5.74) is -0.0934. The summed E-state index contributed by atoms with van der Waals surface area (Å²) in [5, 5.41) is 6.19. The number of hydrogen-bond donors (Lipinski definition) is 0. The van der Waals surface area contributed by atoms with Gasteiger partial charge < -0.3 is 4.90 Å². The van der Waals surface area contributed by atoms with Gasteiger partial charge in [-0.05, 0) is 12.8 Å². The maximum Gasteiger partial charge on any atom is 0.275 e. The van der Waals surface area contributed by atoms with Gasteiger partial charge in [0, 0.05) is 35.9 Å². The Labute approximate surface area is 125 Å². The van der Waals surface area contributed by atoms with Gasteiger partial charge >= 0.3 is 0 Å². The maximum absolute atomic E-state index is 11.8. The molecule has 20 heavy (non-hydrogen) atoms. The van der Waals surface area contributed by atoms with Crippen molar-refractivity contribution in [2.24, 2.45) is 0 Å². The lowest BCUT2D eigenvalue weighted by Crippen LogP contribution is -2.49. The van der Waals surface area contributed by atoms with Gasteiger partial charge in [-0.15, -0.1) is 5.10 Å². The molecule has 0 amide bonds. The first-order chi connectivity index (χ1) is 9.83. The van der Waals surface area contributed by atoms with E-state index in [4.69, 9.17) is 0 Å². The average molecular weight is 308 g/mol. The van der Waals surface area contributed by atoms with Crippen LogP contribution < -0.4 is 10.5 Å². The molecule has 7 heteroatoms. The van der Waals surface area contributed by atoms with Crippen LogP contribution in [-0.4, -0.2) is 38.2 Å². The van der Waals surface area contributed by atoms with Gasteiger partial charge in [0.15, 0.2) is 0 Å². The highest BCUT2D eigenvalue weighted by atomic mass is 32.2. The zero-order valence-corrected chi connectivity index (χ0v) is 12.7. The Bertz CT molecular complexity index is 680. The summed E-state index contributed by atoms with van der Waals surface area (Å²) in [6.07, 6.45) is 6.78. The first-order valence-corrected chi connectivity index (χ1v) is 8.92. The van der Waals surface area contributed by atoms with E-state index in [0.29, 0.717) is 11.0 Å². The van der Waals surface area contributed by atoms with Crippen LogP contribution in [0.2, 0.25) is 0 Å². The third-order valence-electron chi connectivity index (χ3n) is 4.14. The van der Waals surface area contributed by atoms with E-state index in [9.17, 15) is 4.79 Å². The Morgan fingerprint density at radius 3 is 3.10 bits per heavy atom. The Balaban J connectivity index is 1.73. The molecule has 2 aromatic rings. The van der Waals surface area contributed by atoms with Crippen LogP contribution in [0.25, 0.3) is 4.96 Å². The Morgan fingerprint density at radius 2 is 2.20 bits per heavy atom. The summed E-state index contributed by atoms with van der Waals surface area (Å²) in [6.45, 7) is 1.03. The quantitative estimate of drug-likeness (QED) is 0.806. The second-order valence-electron chi connectivity index (χ2n) is 5.32. The van der Waals surface area contributed by atoms with Crippen LogP contribution >= 0.6 is 23.1 Å². The lowest BCUT2D eigenvalue weighted by atomic mass is 9.93. The smallest absolute Gasteiger partial charge is 0.275 e. The molecule has 2 aliphatic rings. The van der Waals surface area contributed by atoms with Crippen LogP contribution in [-0.2, 0) is 0 Å². The van der Waals surface area contributed by atoms with Crippen molar-refractivity contribution in [1.82, 2.24) is 14.6 Å². The van der Waals surface area contributed by atoms with Crippen molar-refractivity contribution in [3.05, 3.63) is 22.6 Å². The van der Waals surface area contributed by atoms with E-state index in [1.165, 1.54) is 47.6 Å². The molecule has 4 rings (SSSR count). The molecule has 3 heterocycles. The SMILES string of the molecule is O=c1ccnc2sc(N3CCS[C@H]4CCCC[C@H]43)nn12. The van der Waals surface area contributed by atoms with Gasteiger partial charge in [0.2, 0.25) is 10.1 Å². The second kappa shape index (κ2) is 5.04. The van der Waals surface area contributed by atoms with Crippen LogP contribution in [0.1, 0.15) is 25.7 Å². The fraction of sp³-hybridized carbons (Fsp3) is 0.615. The molecule has 2 fully saturated rings. The van der Waals surface area contributed by atoms with Gasteiger partial charge in [-0.1, -0.05) is 24.2 Å². The monoisotopic (exact) mass is 308 g/mol. The zero-order valence-electron chi connectivity index (χ0n) is 11.1. The largest absolute Gasteiger partial charge is 0.342 e. The van der Waals surface area contributed by atoms with Crippen molar-refractivity contribution >= 4 is 33.2 Å². The van der Waals surface area contributed by atoms with Gasteiger partial charge in [-0.3, -0.25) is 4.79 Å². The number of rotatable bonds is 1. The first-order valence-electron chi connectivity index (χ1n) is 7.06. The van der Waals surface area contributed by atoms with E-state index in [0.717, 1.165) is 22.7 Å². The first kappa shape index (κ1) is 12.6. The fourth-order valence-corrected chi connectivity index (χ4v) is 5.59. The van der Waals surface area contributed by atoms with Crippen LogP contribution in [0.5, 0.6) is 0 Å². The molecule has 0 spiro atoms. The molecule has 0 radical (unpaired) electrons. The minimum atomic E-state index is -0.0934. The molecule has 1 aliphatic heterocycles. The molecule has 0 bridgehead atoms. The van der Waals surface area contributed by atoms with Gasteiger partial charge in [0.1, 0.15) is 0 Å². The molecule has 1 saturated heterocycles. The summed E-state index contributed by atoms with van der Waals surface area (Å²) in [5.74, 6) is 1.15. The molecular formula is C13H16N4OS2. The predicted octanol–water partition coefficient (Wildman–Crippen LogP) is 2.02. The number of fused-ring (bicyclic) bond motifs is 2. The number of thioether (sulfide) groups is 1. The van der Waals surface area contributed by atoms with Crippen molar-refractivity contribution in [1.29, 1.82) is 0 Å². The second-order valence-corrected chi connectivity index (χ2v) is 7.60. The summed E-state index contributed by atoms with van der Waals surface area (Å²) < 4.78 is 1.43. The summed E-state index contributed by atoms with van der Waals surface area (Å²) >= 11 is 3.64. The number of nitrogens with zero attached hydrogens (tertiary/aromatic N) is 4. The molecule has 2 aromatic heterocycles. The van der Waals surface area contributed by atoms with E-state index >= 15 is 0 Å². The van der Waals surface area contributed by atoms with Crippen molar-refractivity contribution in [3.63, 3.8) is 0 Å². The van der Waals surface area contributed by atoms with Crippen molar-refractivity contribution in [2.75, 3.05) is 17.2 Å². The Morgan fingerprint density at radius 1 is 1.30 bits per heavy atom. The molecule has 5 nitrogen and oxygen atoms in total. The topological polar surface area (TPSA) is 50.5 Å². The van der Waals surface area contributed by atoms with E-state index in [1.54, 1.807) is 6.20 Å². The van der Waals surface area contributed by atoms with E-state index in [-0.39, 0.29) is 5.56 Å². The molecule has 1 saturated carbocycles. The summed E-state index contributed by atoms with van der Waals surface area (Å²) in [6, 6.07) is 2.05. The summed E-state index contributed by atoms with van der Waals surface area (Å²) in [7, 11) is 0. The third kappa shape index (κ3) is 2.03. The maximum atomic E-state index is 11.8. The normalized spacial score (nSPS) is 26.7. The molecule has 0 N–H and O–H groups in total. The van der Waals surface area contributed by atoms with Crippen LogP contribution in [0, 0.1) is 0 Å². The predicted molar refractivity (Wildman–Crippen MR) is 83.0 cm³/mol. The molecule has 0 unspecified atom stereocenters. The van der Waals surface area contributed by atoms with Gasteiger partial charge in [-0.25, -0.2) is 4.98 Å². The average Bonchev–Trinajstić information content (AvgIpc) is 2.92.